The van der Waals surface area contributed by atoms with Crippen LogP contribution in [0, 0.1) is 5.92 Å². The Hall–Kier alpha value is -1.39. The Kier molecular flexibility index (Phi) is 5.37. The summed E-state index contributed by atoms with van der Waals surface area (Å²) in [7, 11) is 0. The van der Waals surface area contributed by atoms with Crippen LogP contribution in [0.2, 0.25) is 0 Å². The van der Waals surface area contributed by atoms with Gasteiger partial charge in [0.15, 0.2) is 0 Å². The number of rotatable bonds is 5. The van der Waals surface area contributed by atoms with Gasteiger partial charge in [0.05, 0.1) is 0 Å². The predicted octanol–water partition coefficient (Wildman–Crippen LogP) is 1.71. The zero-order valence-electron chi connectivity index (χ0n) is 13.1. The minimum atomic E-state index is -0.693. The molecule has 4 heteroatoms. The lowest BCUT2D eigenvalue weighted by Gasteiger charge is -2.42. The third kappa shape index (κ3) is 3.44. The van der Waals surface area contributed by atoms with Crippen LogP contribution in [0.4, 0.5) is 0 Å². The molecule has 1 heterocycles. The zero-order valence-corrected chi connectivity index (χ0v) is 13.1. The van der Waals surface area contributed by atoms with Crippen LogP contribution in [0.1, 0.15) is 32.3 Å². The first-order valence-electron chi connectivity index (χ1n) is 7.88. The van der Waals surface area contributed by atoms with E-state index in [0.29, 0.717) is 5.92 Å². The fraction of sp³-hybridized carbons (Fsp3) is 0.588. The largest absolute Gasteiger partial charge is 0.368 e. The van der Waals surface area contributed by atoms with Gasteiger partial charge < -0.3 is 11.1 Å². The van der Waals surface area contributed by atoms with E-state index in [-0.39, 0.29) is 5.91 Å². The normalized spacial score (nSPS) is 20.0. The number of carbonyl (C=O) groups excluding carboxylic acids is 1. The average molecular weight is 289 g/mol. The molecule has 1 aromatic carbocycles. The number of nitrogens with zero attached hydrogens (tertiary/aromatic N) is 1. The van der Waals surface area contributed by atoms with Crippen molar-refractivity contribution in [2.24, 2.45) is 11.7 Å². The van der Waals surface area contributed by atoms with Gasteiger partial charge in [0.2, 0.25) is 5.91 Å². The van der Waals surface area contributed by atoms with Crippen LogP contribution >= 0.6 is 0 Å². The van der Waals surface area contributed by atoms with Gasteiger partial charge in [-0.25, -0.2) is 0 Å². The Balaban J connectivity index is 2.46. The standard InChI is InChI=1S/C17H27N3O/c1-14(2)13-17(16(18)21,15-7-4-3-5-8-15)20-11-6-9-19-10-12-20/h3-5,7-8,14,19H,6,9-13H2,1-2H3,(H2,18,21). The molecule has 116 valence electrons. The highest BCUT2D eigenvalue weighted by Gasteiger charge is 2.44. The second-order valence-electron chi connectivity index (χ2n) is 6.28. The minimum absolute atomic E-state index is 0.232. The first kappa shape index (κ1) is 16.0. The number of amides is 1. The van der Waals surface area contributed by atoms with Crippen molar-refractivity contribution in [3.05, 3.63) is 35.9 Å². The average Bonchev–Trinajstić information content (AvgIpc) is 2.74. The van der Waals surface area contributed by atoms with Crippen LogP contribution in [0.15, 0.2) is 30.3 Å². The maximum Gasteiger partial charge on any atom is 0.242 e. The van der Waals surface area contributed by atoms with Crippen molar-refractivity contribution in [2.45, 2.75) is 32.2 Å². The SMILES string of the molecule is CC(C)CC(C(N)=O)(c1ccccc1)N1CCCNCC1. The summed E-state index contributed by atoms with van der Waals surface area (Å²) in [6.45, 7) is 7.96. The van der Waals surface area contributed by atoms with Crippen LogP contribution < -0.4 is 11.1 Å². The Morgan fingerprint density at radius 2 is 2.00 bits per heavy atom. The van der Waals surface area contributed by atoms with E-state index < -0.39 is 5.54 Å². The second kappa shape index (κ2) is 7.05. The Bertz CT molecular complexity index is 452. The maximum atomic E-state index is 12.5. The minimum Gasteiger partial charge on any atom is -0.368 e. The molecule has 0 bridgehead atoms. The predicted molar refractivity (Wildman–Crippen MR) is 85.8 cm³/mol. The van der Waals surface area contributed by atoms with Gasteiger partial charge in [0, 0.05) is 19.6 Å². The maximum absolute atomic E-state index is 12.5. The lowest BCUT2D eigenvalue weighted by Crippen LogP contribution is -2.56. The van der Waals surface area contributed by atoms with E-state index in [1.165, 1.54) is 0 Å². The molecular weight excluding hydrogens is 262 g/mol. The van der Waals surface area contributed by atoms with Gasteiger partial charge in [-0.2, -0.15) is 0 Å². The van der Waals surface area contributed by atoms with Crippen LogP contribution in [-0.4, -0.2) is 37.0 Å². The number of carbonyl (C=O) groups is 1. The van der Waals surface area contributed by atoms with Crippen molar-refractivity contribution in [3.8, 4) is 0 Å². The number of benzene rings is 1. The quantitative estimate of drug-likeness (QED) is 0.867. The molecule has 4 nitrogen and oxygen atoms in total. The van der Waals surface area contributed by atoms with Gasteiger partial charge in [-0.3, -0.25) is 9.69 Å². The molecule has 1 fully saturated rings. The topological polar surface area (TPSA) is 58.4 Å². The zero-order chi connectivity index (χ0) is 15.3. The van der Waals surface area contributed by atoms with Crippen molar-refractivity contribution >= 4 is 5.91 Å². The molecule has 1 saturated heterocycles. The van der Waals surface area contributed by atoms with Crippen molar-refractivity contribution in [1.82, 2.24) is 10.2 Å². The summed E-state index contributed by atoms with van der Waals surface area (Å²) in [6.07, 6.45) is 1.80. The summed E-state index contributed by atoms with van der Waals surface area (Å²) < 4.78 is 0. The summed E-state index contributed by atoms with van der Waals surface area (Å²) in [6, 6.07) is 10.0. The molecule has 1 aromatic rings. The van der Waals surface area contributed by atoms with Crippen LogP contribution in [0.3, 0.4) is 0 Å². The van der Waals surface area contributed by atoms with E-state index in [0.717, 1.165) is 44.6 Å². The Labute approximate surface area is 127 Å². The molecule has 1 atom stereocenters. The highest BCUT2D eigenvalue weighted by molar-refractivity contribution is 5.86. The van der Waals surface area contributed by atoms with E-state index in [1.54, 1.807) is 0 Å². The molecule has 0 aromatic heterocycles. The first-order chi connectivity index (χ1) is 10.1. The third-order valence-electron chi connectivity index (χ3n) is 4.24. The van der Waals surface area contributed by atoms with Crippen molar-refractivity contribution in [1.29, 1.82) is 0 Å². The monoisotopic (exact) mass is 289 g/mol. The smallest absolute Gasteiger partial charge is 0.242 e. The molecule has 0 spiro atoms. The summed E-state index contributed by atoms with van der Waals surface area (Å²) in [5.74, 6) is 0.165. The fourth-order valence-corrected chi connectivity index (χ4v) is 3.36. The number of primary amides is 1. The highest BCUT2D eigenvalue weighted by Crippen LogP contribution is 2.35. The highest BCUT2D eigenvalue weighted by atomic mass is 16.1. The summed E-state index contributed by atoms with van der Waals surface area (Å²) >= 11 is 0. The second-order valence-corrected chi connectivity index (χ2v) is 6.28. The summed E-state index contributed by atoms with van der Waals surface area (Å²) in [5.41, 5.74) is 6.26. The molecule has 0 saturated carbocycles. The summed E-state index contributed by atoms with van der Waals surface area (Å²) in [5, 5.41) is 3.40. The lowest BCUT2D eigenvalue weighted by atomic mass is 9.79. The molecule has 0 aliphatic carbocycles. The van der Waals surface area contributed by atoms with E-state index in [4.69, 9.17) is 5.73 Å². The number of nitrogens with one attached hydrogen (secondary N) is 1. The van der Waals surface area contributed by atoms with E-state index in [1.807, 2.05) is 30.3 Å². The first-order valence-corrected chi connectivity index (χ1v) is 7.88. The van der Waals surface area contributed by atoms with Crippen LogP contribution in [0.5, 0.6) is 0 Å². The van der Waals surface area contributed by atoms with Crippen molar-refractivity contribution in [3.63, 3.8) is 0 Å². The molecular formula is C17H27N3O. The van der Waals surface area contributed by atoms with Gasteiger partial charge in [-0.15, -0.1) is 0 Å². The number of hydrogen-bond acceptors (Lipinski definition) is 3. The number of nitrogens with two attached hydrogens (primary N) is 1. The molecule has 1 aliphatic heterocycles. The van der Waals surface area contributed by atoms with E-state index in [9.17, 15) is 4.79 Å². The lowest BCUT2D eigenvalue weighted by molar-refractivity contribution is -0.132. The van der Waals surface area contributed by atoms with Crippen LogP contribution in [0.25, 0.3) is 0 Å². The van der Waals surface area contributed by atoms with Gasteiger partial charge >= 0.3 is 0 Å². The van der Waals surface area contributed by atoms with Gasteiger partial charge in [-0.1, -0.05) is 44.2 Å². The molecule has 1 unspecified atom stereocenters. The van der Waals surface area contributed by atoms with Crippen LogP contribution in [-0.2, 0) is 10.3 Å². The fourth-order valence-electron chi connectivity index (χ4n) is 3.36. The third-order valence-corrected chi connectivity index (χ3v) is 4.24. The van der Waals surface area contributed by atoms with Crippen molar-refractivity contribution in [2.75, 3.05) is 26.2 Å². The molecule has 1 amide bonds. The number of hydrogen-bond donors (Lipinski definition) is 2. The molecule has 1 aliphatic rings. The van der Waals surface area contributed by atoms with Gasteiger partial charge in [0.25, 0.3) is 0 Å². The molecule has 0 radical (unpaired) electrons. The summed E-state index contributed by atoms with van der Waals surface area (Å²) in [4.78, 5) is 14.8. The molecule has 3 N–H and O–H groups in total. The molecule has 2 rings (SSSR count). The molecule has 21 heavy (non-hydrogen) atoms. The van der Waals surface area contributed by atoms with Crippen molar-refractivity contribution < 1.29 is 4.79 Å². The van der Waals surface area contributed by atoms with Gasteiger partial charge in [-0.05, 0) is 30.9 Å². The van der Waals surface area contributed by atoms with E-state index in [2.05, 4.69) is 24.1 Å². The Morgan fingerprint density at radius 1 is 1.29 bits per heavy atom. The van der Waals surface area contributed by atoms with Gasteiger partial charge in [0.1, 0.15) is 5.54 Å². The Morgan fingerprint density at radius 3 is 2.62 bits per heavy atom. The van der Waals surface area contributed by atoms with E-state index >= 15 is 0 Å².